The molecule has 0 aliphatic carbocycles. The van der Waals surface area contributed by atoms with E-state index in [0.29, 0.717) is 12.5 Å². The molecule has 0 aliphatic heterocycles. The molecule has 0 bridgehead atoms. The fraction of sp³-hybridized carbons (Fsp3) is 0.118. The van der Waals surface area contributed by atoms with Gasteiger partial charge in [-0.25, -0.2) is 4.98 Å². The van der Waals surface area contributed by atoms with Crippen LogP contribution in [0.15, 0.2) is 44.7 Å². The zero-order valence-electron chi connectivity index (χ0n) is 13.7. The number of nitrogens with zero attached hydrogens (tertiary/aromatic N) is 3. The number of H-pyrrole nitrogens is 1. The van der Waals surface area contributed by atoms with Crippen LogP contribution in [0.25, 0.3) is 10.2 Å². The highest BCUT2D eigenvalue weighted by Gasteiger charge is 2.11. The molecule has 3 N–H and O–H groups in total. The molecule has 0 fully saturated rings. The van der Waals surface area contributed by atoms with E-state index in [0.717, 1.165) is 42.1 Å². The molecule has 4 rings (SSSR count). The minimum Gasteiger partial charge on any atom is -0.350 e. The van der Waals surface area contributed by atoms with E-state index in [-0.39, 0.29) is 0 Å². The van der Waals surface area contributed by atoms with E-state index in [1.807, 2.05) is 36.6 Å². The molecule has 4 aromatic rings. The molecule has 6 nitrogen and oxygen atoms in total. The van der Waals surface area contributed by atoms with Gasteiger partial charge >= 0.3 is 0 Å². The zero-order chi connectivity index (χ0) is 18.1. The largest absolute Gasteiger partial charge is 0.350 e. The van der Waals surface area contributed by atoms with Crippen LogP contribution >= 0.6 is 43.2 Å². The van der Waals surface area contributed by atoms with Gasteiger partial charge in [-0.1, -0.05) is 37.9 Å². The molecule has 0 amide bonds. The van der Waals surface area contributed by atoms with Crippen LogP contribution in [0.1, 0.15) is 11.3 Å². The van der Waals surface area contributed by atoms with E-state index in [4.69, 9.17) is 0 Å². The lowest BCUT2D eigenvalue weighted by Gasteiger charge is -2.10. The van der Waals surface area contributed by atoms with Crippen molar-refractivity contribution in [2.24, 2.45) is 0 Å². The van der Waals surface area contributed by atoms with E-state index in [2.05, 4.69) is 68.7 Å². The molecule has 0 saturated carbocycles. The molecule has 0 aliphatic rings. The molecule has 0 atom stereocenters. The molecule has 0 unspecified atom stereocenters. The van der Waals surface area contributed by atoms with Crippen molar-refractivity contribution in [2.75, 3.05) is 10.6 Å². The minimum absolute atomic E-state index is 0.570. The Kier molecular flexibility index (Phi) is 4.92. The van der Waals surface area contributed by atoms with Crippen LogP contribution in [0, 0.1) is 6.92 Å². The molecule has 0 radical (unpaired) electrons. The van der Waals surface area contributed by atoms with Crippen molar-refractivity contribution in [1.29, 1.82) is 0 Å². The number of aromatic nitrogens is 4. The fourth-order valence-electron chi connectivity index (χ4n) is 2.47. The number of hydrogen-bond donors (Lipinski definition) is 3. The average molecular weight is 494 g/mol. The van der Waals surface area contributed by atoms with Gasteiger partial charge in [-0.2, -0.15) is 10.1 Å². The summed E-state index contributed by atoms with van der Waals surface area (Å²) in [7, 11) is 0. The number of anilines is 3. The minimum atomic E-state index is 0.570. The van der Waals surface area contributed by atoms with Crippen molar-refractivity contribution in [1.82, 2.24) is 20.2 Å². The van der Waals surface area contributed by atoms with Crippen molar-refractivity contribution in [3.8, 4) is 0 Å². The molecule has 0 saturated heterocycles. The maximum atomic E-state index is 4.64. The number of aryl methyl sites for hydroxylation is 1. The second-order valence-corrected chi connectivity index (χ2v) is 8.37. The van der Waals surface area contributed by atoms with E-state index in [1.54, 1.807) is 11.3 Å². The van der Waals surface area contributed by atoms with Crippen LogP contribution in [0.2, 0.25) is 0 Å². The van der Waals surface area contributed by atoms with Crippen LogP contribution in [0.4, 0.5) is 17.6 Å². The lowest BCUT2D eigenvalue weighted by atomic mass is 10.2. The maximum Gasteiger partial charge on any atom is 0.225 e. The molecule has 9 heteroatoms. The van der Waals surface area contributed by atoms with Crippen molar-refractivity contribution in [3.63, 3.8) is 0 Å². The van der Waals surface area contributed by atoms with Gasteiger partial charge in [0, 0.05) is 27.3 Å². The highest BCUT2D eigenvalue weighted by Crippen LogP contribution is 2.29. The number of nitrogens with one attached hydrogen (secondary N) is 3. The van der Waals surface area contributed by atoms with Gasteiger partial charge in [0.05, 0.1) is 10.2 Å². The SMILES string of the molecule is Cc1cc(Nc2nc(NCc3ccc(Br)cc3Br)nc3ccsc23)n[nH]1. The predicted molar refractivity (Wildman–Crippen MR) is 113 cm³/mol. The Bertz CT molecular complexity index is 1070. The van der Waals surface area contributed by atoms with E-state index < -0.39 is 0 Å². The summed E-state index contributed by atoms with van der Waals surface area (Å²) in [6, 6.07) is 10.0. The first-order valence-corrected chi connectivity index (χ1v) is 10.3. The Hall–Kier alpha value is -1.97. The standard InChI is InChI=1S/C17H14Br2N6S/c1-9-6-14(25-24-9)22-16-15-13(4-5-26-15)21-17(23-16)20-8-10-2-3-11(18)7-12(10)19/h2-7H,8H2,1H3,(H3,20,21,22,23,24,25). The summed E-state index contributed by atoms with van der Waals surface area (Å²) in [6.07, 6.45) is 0. The summed E-state index contributed by atoms with van der Waals surface area (Å²) in [6.45, 7) is 2.58. The predicted octanol–water partition coefficient (Wildman–Crippen LogP) is 5.60. The van der Waals surface area contributed by atoms with Crippen molar-refractivity contribution < 1.29 is 0 Å². The van der Waals surface area contributed by atoms with Gasteiger partial charge in [-0.3, -0.25) is 5.10 Å². The average Bonchev–Trinajstić information content (AvgIpc) is 3.23. The maximum absolute atomic E-state index is 4.64. The number of thiophene rings is 1. The van der Waals surface area contributed by atoms with Gasteiger partial charge in [0.1, 0.15) is 0 Å². The van der Waals surface area contributed by atoms with Crippen LogP contribution in [-0.2, 0) is 6.54 Å². The molecule has 3 heterocycles. The second-order valence-electron chi connectivity index (χ2n) is 5.68. The Morgan fingerprint density at radius 3 is 2.81 bits per heavy atom. The van der Waals surface area contributed by atoms with E-state index >= 15 is 0 Å². The van der Waals surface area contributed by atoms with Crippen molar-refractivity contribution in [3.05, 3.63) is 55.9 Å². The van der Waals surface area contributed by atoms with Crippen LogP contribution < -0.4 is 10.6 Å². The van der Waals surface area contributed by atoms with Crippen LogP contribution in [0.3, 0.4) is 0 Å². The fourth-order valence-corrected chi connectivity index (χ4v) is 4.43. The highest BCUT2D eigenvalue weighted by molar-refractivity contribution is 9.11. The topological polar surface area (TPSA) is 78.5 Å². The first-order valence-electron chi connectivity index (χ1n) is 7.80. The molecule has 1 aromatic carbocycles. The Labute approximate surface area is 170 Å². The third kappa shape index (κ3) is 3.74. The summed E-state index contributed by atoms with van der Waals surface area (Å²) >= 11 is 8.65. The van der Waals surface area contributed by atoms with Gasteiger partial charge in [0.15, 0.2) is 11.6 Å². The molecule has 0 spiro atoms. The molecular formula is C17H14Br2N6S. The van der Waals surface area contributed by atoms with Crippen molar-refractivity contribution in [2.45, 2.75) is 13.5 Å². The number of fused-ring (bicyclic) bond motifs is 1. The van der Waals surface area contributed by atoms with Gasteiger partial charge in [0.2, 0.25) is 5.95 Å². The number of halogens is 2. The molecular weight excluding hydrogens is 480 g/mol. The monoisotopic (exact) mass is 492 g/mol. The lowest BCUT2D eigenvalue weighted by Crippen LogP contribution is -2.06. The Morgan fingerprint density at radius 1 is 1.15 bits per heavy atom. The Balaban J connectivity index is 1.61. The third-order valence-corrected chi connectivity index (χ3v) is 5.85. The number of aromatic amines is 1. The summed E-state index contributed by atoms with van der Waals surface area (Å²) in [5.74, 6) is 2.05. The van der Waals surface area contributed by atoms with E-state index in [9.17, 15) is 0 Å². The molecule has 132 valence electrons. The summed E-state index contributed by atoms with van der Waals surface area (Å²) in [5, 5.41) is 15.7. The first-order chi connectivity index (χ1) is 12.6. The third-order valence-electron chi connectivity index (χ3n) is 3.71. The van der Waals surface area contributed by atoms with Gasteiger partial charge < -0.3 is 10.6 Å². The smallest absolute Gasteiger partial charge is 0.225 e. The van der Waals surface area contributed by atoms with Gasteiger partial charge in [0.25, 0.3) is 0 Å². The summed E-state index contributed by atoms with van der Waals surface area (Å²) in [4.78, 5) is 9.24. The Morgan fingerprint density at radius 2 is 2.04 bits per heavy atom. The lowest BCUT2D eigenvalue weighted by molar-refractivity contribution is 1.04. The van der Waals surface area contributed by atoms with Crippen molar-refractivity contribution >= 4 is 71.0 Å². The normalized spacial score (nSPS) is 11.0. The van der Waals surface area contributed by atoms with Crippen LogP contribution in [0.5, 0.6) is 0 Å². The molecule has 26 heavy (non-hydrogen) atoms. The molecule has 3 aromatic heterocycles. The quantitative estimate of drug-likeness (QED) is 0.337. The zero-order valence-corrected chi connectivity index (χ0v) is 17.7. The van der Waals surface area contributed by atoms with Gasteiger partial charge in [-0.05, 0) is 36.1 Å². The number of rotatable bonds is 5. The summed E-state index contributed by atoms with van der Waals surface area (Å²) < 4.78 is 3.06. The first kappa shape index (κ1) is 17.4. The highest BCUT2D eigenvalue weighted by atomic mass is 79.9. The van der Waals surface area contributed by atoms with Gasteiger partial charge in [-0.15, -0.1) is 11.3 Å². The van der Waals surface area contributed by atoms with Crippen LogP contribution in [-0.4, -0.2) is 20.2 Å². The number of benzene rings is 1. The summed E-state index contributed by atoms with van der Waals surface area (Å²) in [5.41, 5.74) is 3.01. The number of hydrogen-bond acceptors (Lipinski definition) is 6. The van der Waals surface area contributed by atoms with E-state index in [1.165, 1.54) is 0 Å². The second kappa shape index (κ2) is 7.34.